The van der Waals surface area contributed by atoms with Gasteiger partial charge in [0.25, 0.3) is 0 Å². The minimum absolute atomic E-state index is 0.0750. The topological polar surface area (TPSA) is 72.2 Å². The fourth-order valence-electron chi connectivity index (χ4n) is 2.00. The highest BCUT2D eigenvalue weighted by Gasteiger charge is 2.33. The van der Waals surface area contributed by atoms with E-state index in [4.69, 9.17) is 5.73 Å². The van der Waals surface area contributed by atoms with Crippen LogP contribution in [-0.4, -0.2) is 26.8 Å². The van der Waals surface area contributed by atoms with E-state index >= 15 is 0 Å². The molecule has 0 aromatic heterocycles. The van der Waals surface area contributed by atoms with Crippen molar-refractivity contribution in [2.45, 2.75) is 29.5 Å². The molecule has 106 valence electrons. The van der Waals surface area contributed by atoms with Gasteiger partial charge < -0.3 is 11.1 Å². The molecule has 7 heteroatoms. The number of anilines is 1. The zero-order valence-electron chi connectivity index (χ0n) is 10.2. The number of rotatable bonds is 6. The molecular weight excluding hydrogens is 274 g/mol. The normalized spacial score (nSPS) is 17.5. The van der Waals surface area contributed by atoms with Crippen LogP contribution in [0.3, 0.4) is 0 Å². The van der Waals surface area contributed by atoms with Gasteiger partial charge in [-0.3, -0.25) is 0 Å². The number of benzene rings is 1. The van der Waals surface area contributed by atoms with Crippen LogP contribution in [0.2, 0.25) is 0 Å². The third-order valence-corrected chi connectivity index (χ3v) is 4.65. The van der Waals surface area contributed by atoms with Crippen molar-refractivity contribution in [2.75, 3.05) is 11.9 Å². The molecular formula is C12H16F2N2O2S. The Bertz CT molecular complexity index is 544. The molecule has 2 rings (SSSR count). The van der Waals surface area contributed by atoms with Crippen LogP contribution in [0.15, 0.2) is 29.2 Å². The molecule has 1 atom stereocenters. The second-order valence-electron chi connectivity index (χ2n) is 4.63. The summed E-state index contributed by atoms with van der Waals surface area (Å²) in [6, 6.07) is 5.63. The number of halogens is 2. The maximum absolute atomic E-state index is 12.6. The summed E-state index contributed by atoms with van der Waals surface area (Å²) in [5.74, 6) is -3.03. The van der Waals surface area contributed by atoms with Gasteiger partial charge in [-0.25, -0.2) is 8.42 Å². The van der Waals surface area contributed by atoms with Gasteiger partial charge in [-0.05, 0) is 30.9 Å². The highest BCUT2D eigenvalue weighted by atomic mass is 32.2. The summed E-state index contributed by atoms with van der Waals surface area (Å²) in [5, 5.41) is 2.98. The fraction of sp³-hybridized carbons (Fsp3) is 0.500. The summed E-state index contributed by atoms with van der Waals surface area (Å²) in [4.78, 5) is -0.371. The Labute approximate surface area is 110 Å². The summed E-state index contributed by atoms with van der Waals surface area (Å²) >= 11 is 0. The van der Waals surface area contributed by atoms with Crippen molar-refractivity contribution < 1.29 is 17.2 Å². The number of alkyl halides is 2. The molecule has 1 aliphatic rings. The van der Waals surface area contributed by atoms with Crippen molar-refractivity contribution >= 4 is 15.5 Å². The van der Waals surface area contributed by atoms with Gasteiger partial charge in [0.1, 0.15) is 0 Å². The molecule has 1 unspecified atom stereocenters. The zero-order valence-corrected chi connectivity index (χ0v) is 11.0. The van der Waals surface area contributed by atoms with Crippen LogP contribution < -0.4 is 11.1 Å². The minimum Gasteiger partial charge on any atom is -0.380 e. The Balaban J connectivity index is 2.30. The van der Waals surface area contributed by atoms with E-state index in [1.165, 1.54) is 18.2 Å². The molecule has 0 saturated heterocycles. The van der Waals surface area contributed by atoms with Crippen molar-refractivity contribution in [3.63, 3.8) is 0 Å². The van der Waals surface area contributed by atoms with Crippen LogP contribution in [-0.2, 0) is 9.84 Å². The molecule has 3 N–H and O–H groups in total. The smallest absolute Gasteiger partial charge is 0.341 e. The fourth-order valence-corrected chi connectivity index (χ4v) is 2.89. The Hall–Kier alpha value is -1.21. The first-order valence-electron chi connectivity index (χ1n) is 6.04. The maximum Gasteiger partial charge on any atom is 0.341 e. The Kier molecular flexibility index (Phi) is 4.05. The molecule has 19 heavy (non-hydrogen) atoms. The lowest BCUT2D eigenvalue weighted by Crippen LogP contribution is -2.31. The SMILES string of the molecule is NCC(Nc1ccccc1S(=O)(=O)C(F)F)C1CC1. The van der Waals surface area contributed by atoms with Crippen LogP contribution >= 0.6 is 0 Å². The molecule has 0 aliphatic heterocycles. The van der Waals surface area contributed by atoms with E-state index in [1.54, 1.807) is 6.07 Å². The number of sulfone groups is 1. The van der Waals surface area contributed by atoms with Crippen molar-refractivity contribution in [2.24, 2.45) is 11.7 Å². The molecule has 0 spiro atoms. The lowest BCUT2D eigenvalue weighted by molar-refractivity contribution is 0.235. The summed E-state index contributed by atoms with van der Waals surface area (Å²) in [6.45, 7) is 0.341. The minimum atomic E-state index is -4.60. The van der Waals surface area contributed by atoms with Crippen LogP contribution in [0.4, 0.5) is 14.5 Å². The highest BCUT2D eigenvalue weighted by molar-refractivity contribution is 7.91. The number of hydrogen-bond donors (Lipinski definition) is 2. The summed E-state index contributed by atoms with van der Waals surface area (Å²) in [6.07, 6.45) is 2.05. The number of nitrogens with one attached hydrogen (secondary N) is 1. The molecule has 1 aliphatic carbocycles. The predicted molar refractivity (Wildman–Crippen MR) is 68.8 cm³/mol. The molecule has 1 aromatic carbocycles. The standard InChI is InChI=1S/C12H16F2N2O2S/c13-12(14)19(17,18)11-4-2-1-3-9(11)16-10(7-15)8-5-6-8/h1-4,8,10,12,16H,5-7,15H2. The molecule has 1 saturated carbocycles. The molecule has 4 nitrogen and oxygen atoms in total. The highest BCUT2D eigenvalue weighted by Crippen LogP contribution is 2.35. The molecule has 0 amide bonds. The third-order valence-electron chi connectivity index (χ3n) is 3.21. The second-order valence-corrected chi connectivity index (χ2v) is 6.51. The monoisotopic (exact) mass is 290 g/mol. The summed E-state index contributed by atoms with van der Waals surface area (Å²) in [5.41, 5.74) is 5.82. The van der Waals surface area contributed by atoms with Crippen molar-refractivity contribution in [1.82, 2.24) is 0 Å². The average molecular weight is 290 g/mol. The van der Waals surface area contributed by atoms with Crippen LogP contribution in [0.25, 0.3) is 0 Å². The lowest BCUT2D eigenvalue weighted by atomic mass is 10.1. The first-order chi connectivity index (χ1) is 8.96. The van der Waals surface area contributed by atoms with Gasteiger partial charge in [0.2, 0.25) is 9.84 Å². The predicted octanol–water partition coefficient (Wildman–Crippen LogP) is 1.83. The molecule has 0 heterocycles. The van der Waals surface area contributed by atoms with E-state index in [0.717, 1.165) is 12.8 Å². The van der Waals surface area contributed by atoms with E-state index in [-0.39, 0.29) is 16.6 Å². The Morgan fingerprint density at radius 3 is 2.47 bits per heavy atom. The van der Waals surface area contributed by atoms with E-state index < -0.39 is 15.6 Å². The third kappa shape index (κ3) is 3.03. The van der Waals surface area contributed by atoms with Gasteiger partial charge in [-0.15, -0.1) is 0 Å². The van der Waals surface area contributed by atoms with Crippen molar-refractivity contribution in [3.05, 3.63) is 24.3 Å². The molecule has 0 bridgehead atoms. The van der Waals surface area contributed by atoms with Crippen LogP contribution in [0.1, 0.15) is 12.8 Å². The van der Waals surface area contributed by atoms with E-state index in [1.807, 2.05) is 0 Å². The van der Waals surface area contributed by atoms with Gasteiger partial charge in [0.05, 0.1) is 10.6 Å². The number of para-hydroxylation sites is 1. The van der Waals surface area contributed by atoms with Gasteiger partial charge in [-0.2, -0.15) is 8.78 Å². The maximum atomic E-state index is 12.6. The van der Waals surface area contributed by atoms with Crippen LogP contribution in [0.5, 0.6) is 0 Å². The van der Waals surface area contributed by atoms with Gasteiger partial charge in [0.15, 0.2) is 0 Å². The van der Waals surface area contributed by atoms with Crippen LogP contribution in [0, 0.1) is 5.92 Å². The molecule has 0 radical (unpaired) electrons. The van der Waals surface area contributed by atoms with Crippen molar-refractivity contribution in [1.29, 1.82) is 0 Å². The number of nitrogens with two attached hydrogens (primary N) is 1. The molecule has 1 aromatic rings. The Morgan fingerprint density at radius 2 is 1.95 bits per heavy atom. The van der Waals surface area contributed by atoms with E-state index in [9.17, 15) is 17.2 Å². The largest absolute Gasteiger partial charge is 0.380 e. The zero-order chi connectivity index (χ0) is 14.0. The lowest BCUT2D eigenvalue weighted by Gasteiger charge is -2.19. The Morgan fingerprint density at radius 1 is 1.32 bits per heavy atom. The van der Waals surface area contributed by atoms with Gasteiger partial charge in [-0.1, -0.05) is 12.1 Å². The average Bonchev–Trinajstić information content (AvgIpc) is 3.20. The second kappa shape index (κ2) is 5.42. The quantitative estimate of drug-likeness (QED) is 0.838. The van der Waals surface area contributed by atoms with Crippen molar-refractivity contribution in [3.8, 4) is 0 Å². The van der Waals surface area contributed by atoms with Gasteiger partial charge in [0, 0.05) is 12.6 Å². The van der Waals surface area contributed by atoms with E-state index in [2.05, 4.69) is 5.32 Å². The van der Waals surface area contributed by atoms with E-state index in [0.29, 0.717) is 12.5 Å². The first-order valence-corrected chi connectivity index (χ1v) is 7.59. The first kappa shape index (κ1) is 14.2. The number of hydrogen-bond acceptors (Lipinski definition) is 4. The van der Waals surface area contributed by atoms with Gasteiger partial charge >= 0.3 is 5.76 Å². The summed E-state index contributed by atoms with van der Waals surface area (Å²) < 4.78 is 48.4. The summed E-state index contributed by atoms with van der Waals surface area (Å²) in [7, 11) is -4.60. The molecule has 1 fully saturated rings.